The summed E-state index contributed by atoms with van der Waals surface area (Å²) in [4.78, 5) is 40.3. The molecular weight excluding hydrogens is 689 g/mol. The van der Waals surface area contributed by atoms with E-state index in [1.165, 1.54) is 44.5 Å². The molecule has 0 spiro atoms. The van der Waals surface area contributed by atoms with Crippen LogP contribution in [0.25, 0.3) is 89.7 Å². The van der Waals surface area contributed by atoms with Crippen LogP contribution in [0, 0.1) is 0 Å². The number of H-pyrrole nitrogens is 2. The molecule has 0 radical (unpaired) electrons. The van der Waals surface area contributed by atoms with E-state index in [1.54, 1.807) is 0 Å². The Morgan fingerprint density at radius 3 is 0.679 bits per heavy atom. The number of fused-ring (bicyclic) bond motifs is 20. The number of aromatic amines is 2. The molecule has 0 unspecified atom stereocenters. The zero-order valence-electron chi connectivity index (χ0n) is 34.0. The van der Waals surface area contributed by atoms with E-state index in [1.807, 2.05) is 0 Å². The molecule has 0 saturated heterocycles. The third-order valence-corrected chi connectivity index (χ3v) is 12.2. The summed E-state index contributed by atoms with van der Waals surface area (Å²) in [7, 11) is 0. The minimum atomic E-state index is 0.683. The molecule has 8 heteroatoms. The van der Waals surface area contributed by atoms with Gasteiger partial charge in [-0.05, 0) is 95.9 Å². The van der Waals surface area contributed by atoms with E-state index in [2.05, 4.69) is 114 Å². The zero-order chi connectivity index (χ0) is 38.8. The fourth-order valence-corrected chi connectivity index (χ4v) is 9.20. The van der Waals surface area contributed by atoms with Crippen molar-refractivity contribution >= 4 is 44.1 Å². The minimum absolute atomic E-state index is 0.683. The lowest BCUT2D eigenvalue weighted by Gasteiger charge is -2.10. The number of benzene rings is 4. The van der Waals surface area contributed by atoms with E-state index in [4.69, 9.17) is 29.9 Å². The molecule has 282 valence electrons. The Bertz CT molecular complexity index is 2530. The van der Waals surface area contributed by atoms with Crippen LogP contribution in [0.1, 0.15) is 99.9 Å². The summed E-state index contributed by atoms with van der Waals surface area (Å²) in [5, 5.41) is 4.39. The maximum Gasteiger partial charge on any atom is 0.165 e. The molecule has 8 bridgehead atoms. The van der Waals surface area contributed by atoms with Crippen molar-refractivity contribution < 1.29 is 0 Å². The Balaban J connectivity index is 1.58. The summed E-state index contributed by atoms with van der Waals surface area (Å²) in [5.41, 5.74) is 17.1. The van der Waals surface area contributed by atoms with E-state index in [-0.39, 0.29) is 0 Å². The van der Waals surface area contributed by atoms with Gasteiger partial charge in [0.1, 0.15) is 22.6 Å². The Labute approximate surface area is 328 Å². The summed E-state index contributed by atoms with van der Waals surface area (Å²) in [6, 6.07) is 18.0. The number of aromatic nitrogens is 8. The Morgan fingerprint density at radius 2 is 0.482 bits per heavy atom. The molecule has 9 rings (SSSR count). The molecule has 56 heavy (non-hydrogen) atoms. The zero-order valence-corrected chi connectivity index (χ0v) is 34.0. The first-order valence-electron chi connectivity index (χ1n) is 20.8. The number of aryl methyl sites for hydroxylation is 8. The second-order valence-electron chi connectivity index (χ2n) is 15.0. The van der Waals surface area contributed by atoms with Crippen molar-refractivity contribution in [3.05, 3.63) is 93.0 Å². The quantitative estimate of drug-likeness (QED) is 0.161. The first-order chi connectivity index (χ1) is 27.4. The molecule has 4 aromatic carbocycles. The van der Waals surface area contributed by atoms with Crippen LogP contribution in [0.5, 0.6) is 0 Å². The highest BCUT2D eigenvalue weighted by atomic mass is 15.1. The van der Waals surface area contributed by atoms with Gasteiger partial charge in [-0.3, -0.25) is 0 Å². The number of nitrogens with one attached hydrogen (secondary N) is 2. The fraction of sp³-hybridized carbons (Fsp3) is 0.333. The van der Waals surface area contributed by atoms with Crippen LogP contribution in [0.4, 0.5) is 0 Å². The first kappa shape index (κ1) is 35.9. The Morgan fingerprint density at radius 1 is 0.286 bits per heavy atom. The third-order valence-electron chi connectivity index (χ3n) is 12.2. The van der Waals surface area contributed by atoms with Gasteiger partial charge in [-0.25, -0.2) is 29.9 Å². The molecule has 0 fully saturated rings. The van der Waals surface area contributed by atoms with E-state index in [9.17, 15) is 0 Å². The lowest BCUT2D eigenvalue weighted by Crippen LogP contribution is -1.95. The van der Waals surface area contributed by atoms with Crippen molar-refractivity contribution in [2.24, 2.45) is 0 Å². The smallest absolute Gasteiger partial charge is 0.165 e. The fourth-order valence-electron chi connectivity index (χ4n) is 9.20. The van der Waals surface area contributed by atoms with E-state index in [0.717, 1.165) is 118 Å². The van der Waals surface area contributed by atoms with Gasteiger partial charge in [0.25, 0.3) is 0 Å². The van der Waals surface area contributed by atoms with Crippen molar-refractivity contribution in [3.63, 3.8) is 0 Å². The van der Waals surface area contributed by atoms with Crippen LogP contribution in [0.3, 0.4) is 0 Å². The molecule has 0 atom stereocenters. The van der Waals surface area contributed by atoms with Gasteiger partial charge >= 0.3 is 0 Å². The molecular formula is C48H50N8. The predicted molar refractivity (Wildman–Crippen MR) is 231 cm³/mol. The van der Waals surface area contributed by atoms with Gasteiger partial charge in [0.2, 0.25) is 0 Å². The first-order valence-corrected chi connectivity index (χ1v) is 20.8. The van der Waals surface area contributed by atoms with Crippen molar-refractivity contribution in [3.8, 4) is 45.6 Å². The largest absolute Gasteiger partial charge is 0.324 e. The van der Waals surface area contributed by atoms with E-state index < -0.39 is 0 Å². The topological polar surface area (TPSA) is 109 Å². The molecule has 8 nitrogen and oxygen atoms in total. The molecule has 2 aliphatic rings. The van der Waals surface area contributed by atoms with Crippen LogP contribution < -0.4 is 0 Å². The molecule has 0 saturated carbocycles. The Hall–Kier alpha value is -5.76. The molecule has 2 aliphatic heterocycles. The minimum Gasteiger partial charge on any atom is -0.324 e. The highest BCUT2D eigenvalue weighted by Crippen LogP contribution is 2.43. The second-order valence-corrected chi connectivity index (χ2v) is 15.0. The molecule has 0 aliphatic carbocycles. The SMILES string of the molecule is CCc1ccc(CC)c2c1-c1nc-2nc2[nH]c(nc3nc(nc4[nH]c(n1)c1c(CC)ccc(CC)c41)-c1c(CC)ccc(CC)c1-3)c1c(CC)ccc(CC)c21. The number of hydrogen-bond donors (Lipinski definition) is 2. The van der Waals surface area contributed by atoms with Crippen LogP contribution in [0.15, 0.2) is 48.5 Å². The van der Waals surface area contributed by atoms with Gasteiger partial charge in [0.05, 0.1) is 0 Å². The molecule has 7 aromatic rings. The lowest BCUT2D eigenvalue weighted by molar-refractivity contribution is 1.10. The van der Waals surface area contributed by atoms with Crippen molar-refractivity contribution in [2.45, 2.75) is 107 Å². The standard InChI is InChI=1S/C48H50N8/c1-9-25-17-18-26(10-2)34-33(25)41-49-42(34)54-44-37-29(13-5)21-22-30(14-6)38(37)46(51-44)56-48-40-32(16-8)24-23-31(15-7)39(40)47(52-48)55-45-36-28(12-4)20-19-27(11-3)35(36)43(50-45)53-41/h17-24H,9-16H2,1-8H3,(H2,49,50,51,52,53,54,55,56). The normalized spacial score (nSPS) is 12.1. The van der Waals surface area contributed by atoms with Crippen molar-refractivity contribution in [1.82, 2.24) is 39.9 Å². The Kier molecular flexibility index (Phi) is 9.02. The number of nitrogens with zero attached hydrogens (tertiary/aromatic N) is 6. The van der Waals surface area contributed by atoms with Gasteiger partial charge < -0.3 is 9.97 Å². The number of rotatable bonds is 8. The van der Waals surface area contributed by atoms with Crippen molar-refractivity contribution in [2.75, 3.05) is 0 Å². The van der Waals surface area contributed by atoms with Gasteiger partial charge in [0, 0.05) is 43.8 Å². The van der Waals surface area contributed by atoms with Gasteiger partial charge in [-0.1, -0.05) is 104 Å². The summed E-state index contributed by atoms with van der Waals surface area (Å²) < 4.78 is 0. The maximum atomic E-state index is 5.51. The molecule has 0 amide bonds. The van der Waals surface area contributed by atoms with Crippen molar-refractivity contribution in [1.29, 1.82) is 0 Å². The molecule has 5 heterocycles. The van der Waals surface area contributed by atoms with Crippen LogP contribution in [-0.2, 0) is 51.4 Å². The third kappa shape index (κ3) is 5.32. The summed E-state index contributed by atoms with van der Waals surface area (Å²) >= 11 is 0. The van der Waals surface area contributed by atoms with Gasteiger partial charge in [-0.2, -0.15) is 0 Å². The van der Waals surface area contributed by atoms with Crippen LogP contribution in [-0.4, -0.2) is 39.9 Å². The maximum absolute atomic E-state index is 5.51. The van der Waals surface area contributed by atoms with E-state index in [0.29, 0.717) is 23.3 Å². The summed E-state index contributed by atoms with van der Waals surface area (Å²) in [5.74, 6) is 2.73. The molecule has 2 N–H and O–H groups in total. The monoisotopic (exact) mass is 738 g/mol. The van der Waals surface area contributed by atoms with E-state index >= 15 is 0 Å². The highest BCUT2D eigenvalue weighted by Gasteiger charge is 2.28. The van der Waals surface area contributed by atoms with Crippen LogP contribution in [0.2, 0.25) is 0 Å². The summed E-state index contributed by atoms with van der Waals surface area (Å²) in [6.07, 6.45) is 6.85. The summed E-state index contributed by atoms with van der Waals surface area (Å²) in [6.45, 7) is 17.7. The molecule has 3 aromatic heterocycles. The average molecular weight is 739 g/mol. The van der Waals surface area contributed by atoms with Gasteiger partial charge in [0.15, 0.2) is 23.3 Å². The van der Waals surface area contributed by atoms with Crippen LogP contribution >= 0.6 is 0 Å². The predicted octanol–water partition coefficient (Wildman–Crippen LogP) is 11.4. The van der Waals surface area contributed by atoms with Gasteiger partial charge in [-0.15, -0.1) is 0 Å². The highest BCUT2D eigenvalue weighted by molar-refractivity contribution is 6.10. The lowest BCUT2D eigenvalue weighted by atomic mass is 9.94. The number of hydrogen-bond acceptors (Lipinski definition) is 6. The second kappa shape index (κ2) is 14.1. The average Bonchev–Trinajstić information content (AvgIpc) is 3.99.